The fourth-order valence-corrected chi connectivity index (χ4v) is 24.3. The number of benzene rings is 9. The van der Waals surface area contributed by atoms with Crippen LogP contribution >= 0.6 is 0 Å². The SMILES string of the molecule is Cc1cc(-c2ccccn2)cnc1-c1cn2[n+](c1)C13c4c(cccc4-2)Oc2ccc4c5ccccc5n(c4c21)-c1cccc[n+]13.Cc1cc(-c2cccnc2)cnc1-c1cn2[n+](c1)C13c4c(cccc4-2)Oc2ccc4c5ccccc5n(c4c21)-c1cccc[n+]13.Cc1cc(-c2ccncc2)cnc1-c1cn2[n+](c1)C13c4c(cccc4-2)Oc2ccc4c5ccccc5n(c4c21)-c1cccc[n+]13. The fourth-order valence-electron chi connectivity index (χ4n) is 24.3. The molecule has 0 amide bonds. The number of hydrogen-bond acceptors (Lipinski definition) is 9. The van der Waals surface area contributed by atoms with Crippen LogP contribution in [0, 0.1) is 20.8 Å². The highest BCUT2D eigenvalue weighted by molar-refractivity contribution is 6.14. The summed E-state index contributed by atoms with van der Waals surface area (Å²) in [6.45, 7) is 6.40. The summed E-state index contributed by atoms with van der Waals surface area (Å²) in [4.78, 5) is 28.1. The Morgan fingerprint density at radius 3 is 1.04 bits per heavy atom. The molecule has 0 saturated heterocycles. The van der Waals surface area contributed by atoms with E-state index in [9.17, 15) is 0 Å². The smallest absolute Gasteiger partial charge is 0.397 e. The number of nitrogens with zero attached hydrogens (tertiary/aromatic N) is 18. The van der Waals surface area contributed by atoms with Crippen molar-refractivity contribution in [2.75, 3.05) is 0 Å². The number of fused-ring (bicyclic) bond motifs is 21. The van der Waals surface area contributed by atoms with Crippen LogP contribution in [0.25, 0.3) is 167 Å². The molecule has 9 aliphatic rings. The lowest BCUT2D eigenvalue weighted by Crippen LogP contribution is -2.76. The largest absolute Gasteiger partial charge is 0.456 e. The van der Waals surface area contributed by atoms with Crippen LogP contribution in [-0.2, 0) is 17.0 Å². The molecule has 9 aliphatic heterocycles. The zero-order valence-electron chi connectivity index (χ0n) is 72.6. The summed E-state index contributed by atoms with van der Waals surface area (Å²) < 4.78 is 48.8. The number of para-hydroxylation sites is 3. The Balaban J connectivity index is 0.0000000945. The highest BCUT2D eigenvalue weighted by Crippen LogP contribution is 2.60. The van der Waals surface area contributed by atoms with E-state index < -0.39 is 17.0 Å². The Morgan fingerprint density at radius 2 is 0.644 bits per heavy atom. The first-order chi connectivity index (χ1) is 66.7. The van der Waals surface area contributed by atoms with Crippen LogP contribution in [0.3, 0.4) is 0 Å². The van der Waals surface area contributed by atoms with Crippen molar-refractivity contribution >= 4 is 65.4 Å². The van der Waals surface area contributed by atoms with E-state index in [0.717, 1.165) is 186 Å². The first-order valence-electron chi connectivity index (χ1n) is 45.5. The molecule has 21 nitrogen and oxygen atoms in total. The minimum Gasteiger partial charge on any atom is -0.456 e. The van der Waals surface area contributed by atoms with Gasteiger partial charge in [-0.05, 0) is 219 Å². The summed E-state index contributed by atoms with van der Waals surface area (Å²) in [5, 5.41) is 7.35. The van der Waals surface area contributed by atoms with Gasteiger partial charge in [0.1, 0.15) is 84.8 Å². The molecule has 15 aromatic heterocycles. The van der Waals surface area contributed by atoms with Crippen molar-refractivity contribution in [1.29, 1.82) is 0 Å². The molecule has 3 unspecified atom stereocenters. The molecule has 0 radical (unpaired) electrons. The predicted molar refractivity (Wildman–Crippen MR) is 509 cm³/mol. The molecular weight excluding hydrogens is 1670 g/mol. The molecule has 135 heavy (non-hydrogen) atoms. The molecule has 3 atom stereocenters. The minimum absolute atomic E-state index is 0.705. The third-order valence-electron chi connectivity index (χ3n) is 29.4. The van der Waals surface area contributed by atoms with Crippen LogP contribution in [0.5, 0.6) is 34.5 Å². The summed E-state index contributed by atoms with van der Waals surface area (Å²) in [6.07, 6.45) is 35.1. The Morgan fingerprint density at radius 1 is 0.267 bits per heavy atom. The van der Waals surface area contributed by atoms with E-state index >= 15 is 0 Å². The molecule has 0 saturated carbocycles. The second-order valence-corrected chi connectivity index (χ2v) is 36.2. The van der Waals surface area contributed by atoms with Gasteiger partial charge in [-0.25, -0.2) is 0 Å². The molecular formula is C114H72N18O3+6. The molecule has 0 bridgehead atoms. The quantitative estimate of drug-likeness (QED) is 0.148. The summed E-state index contributed by atoms with van der Waals surface area (Å²) in [6, 6.07) is 98.4. The van der Waals surface area contributed by atoms with Gasteiger partial charge in [-0.2, -0.15) is 27.4 Å². The molecule has 0 N–H and O–H groups in total. The number of aryl methyl sites for hydroxylation is 3. The molecule has 630 valence electrons. The van der Waals surface area contributed by atoms with E-state index in [1.165, 1.54) is 65.4 Å². The van der Waals surface area contributed by atoms with Gasteiger partial charge in [0.05, 0.1) is 76.6 Å². The van der Waals surface area contributed by atoms with Gasteiger partial charge in [0.15, 0.2) is 33.2 Å². The number of hydrogen-bond donors (Lipinski definition) is 0. The molecule has 9 aromatic carbocycles. The number of aromatic nitrogens is 18. The van der Waals surface area contributed by atoms with Gasteiger partial charge in [0.25, 0.3) is 17.5 Å². The van der Waals surface area contributed by atoms with Crippen LogP contribution < -0.4 is 42.0 Å². The number of pyridine rings is 9. The van der Waals surface area contributed by atoms with Gasteiger partial charge >= 0.3 is 17.0 Å². The second-order valence-electron chi connectivity index (χ2n) is 36.2. The Bertz CT molecular complexity index is 8660. The zero-order valence-corrected chi connectivity index (χ0v) is 72.6. The van der Waals surface area contributed by atoms with Crippen molar-refractivity contribution in [3.63, 3.8) is 0 Å². The van der Waals surface area contributed by atoms with E-state index in [-0.39, 0.29) is 0 Å². The molecule has 33 rings (SSSR count). The normalized spacial score (nSPS) is 16.4. The maximum absolute atomic E-state index is 6.76. The van der Waals surface area contributed by atoms with Crippen LogP contribution in [0.1, 0.15) is 50.1 Å². The van der Waals surface area contributed by atoms with Crippen molar-refractivity contribution in [3.05, 3.63) is 434 Å². The van der Waals surface area contributed by atoms with Crippen LogP contribution in [0.2, 0.25) is 0 Å². The molecule has 0 aliphatic carbocycles. The highest BCUT2D eigenvalue weighted by Gasteiger charge is 2.72. The van der Waals surface area contributed by atoms with Gasteiger partial charge in [-0.15, -0.1) is 14.0 Å². The zero-order chi connectivity index (χ0) is 88.3. The van der Waals surface area contributed by atoms with E-state index in [2.05, 4.69) is 390 Å². The lowest BCUT2D eigenvalue weighted by atomic mass is 9.84. The van der Waals surface area contributed by atoms with Gasteiger partial charge in [0, 0.05) is 122 Å². The second kappa shape index (κ2) is 25.9. The third kappa shape index (κ3) is 9.01. The number of rotatable bonds is 6. The molecule has 3 spiro atoms. The van der Waals surface area contributed by atoms with Gasteiger partial charge in [-0.1, -0.05) is 99.0 Å². The van der Waals surface area contributed by atoms with Crippen LogP contribution in [-0.4, -0.2) is 57.7 Å². The van der Waals surface area contributed by atoms with E-state index in [4.69, 9.17) is 29.2 Å². The van der Waals surface area contributed by atoms with Crippen molar-refractivity contribution in [2.45, 2.75) is 37.8 Å². The van der Waals surface area contributed by atoms with Crippen molar-refractivity contribution in [2.24, 2.45) is 0 Å². The van der Waals surface area contributed by atoms with E-state index in [1.54, 1.807) is 6.20 Å². The Kier molecular flexibility index (Phi) is 13.9. The monoisotopic (exact) mass is 1740 g/mol. The topological polar surface area (TPSA) is 158 Å². The van der Waals surface area contributed by atoms with Crippen molar-refractivity contribution in [3.8, 4) is 136 Å². The Hall–Kier alpha value is -18.2. The fraction of sp³-hybridized carbons (Fsp3) is 0.0526. The van der Waals surface area contributed by atoms with Gasteiger partial charge in [-0.3, -0.25) is 29.9 Å². The molecule has 24 heterocycles. The molecule has 0 fully saturated rings. The Labute approximate surface area is 768 Å². The summed E-state index contributed by atoms with van der Waals surface area (Å²) >= 11 is 0. The minimum atomic E-state index is -0.708. The summed E-state index contributed by atoms with van der Waals surface area (Å²) in [5.41, 5.74) is 30.7. The maximum Gasteiger partial charge on any atom is 0.397 e. The standard InChI is InChI=1S/3C38H24N6O/c1-23-19-24(28-10-4-6-17-39-28)20-40-36(23)25-21-42-30-12-8-13-31-34(30)38(43(42)22-25)35-32(45-31)16-15-27-26-9-2-3-11-29(26)44(37(27)35)33-14-5-7-18-41(33)38;1-23-18-25(24-8-7-16-39-19-24)20-40-36(23)26-21-42-30-11-6-12-31-34(30)38(43(42)22-26)35-32(45-31)15-14-28-27-9-2-3-10-29(27)44(37(28)35)33-13-4-5-17-41(33)38;1-23-19-25(24-14-16-39-17-15-24)20-40-36(23)26-21-42-30-9-6-10-31-34(30)38(43(42)22-26)35-32(45-31)13-12-28-27-7-2-3-8-29(27)44(37(28)35)33-11-4-5-18-41(33)38/h3*2-22H,1H3/q3*+2. The maximum atomic E-state index is 6.76. The third-order valence-corrected chi connectivity index (χ3v) is 29.4. The van der Waals surface area contributed by atoms with Crippen molar-refractivity contribution < 1.29 is 42.0 Å². The van der Waals surface area contributed by atoms with Gasteiger partial charge in [0.2, 0.25) is 18.6 Å². The number of ether oxygens (including phenoxy) is 3. The van der Waals surface area contributed by atoms with Gasteiger partial charge < -0.3 is 14.2 Å². The first-order valence-corrected chi connectivity index (χ1v) is 45.5. The molecule has 21 heteroatoms. The average molecular weight is 1740 g/mol. The molecule has 24 aromatic rings. The average Bonchev–Trinajstić information content (AvgIpc) is 1.48. The predicted octanol–water partition coefficient (Wildman–Crippen LogP) is 19.8. The first kappa shape index (κ1) is 72.6. The van der Waals surface area contributed by atoms with E-state index in [0.29, 0.717) is 0 Å². The van der Waals surface area contributed by atoms with Crippen LogP contribution in [0.4, 0.5) is 0 Å². The summed E-state index contributed by atoms with van der Waals surface area (Å²) in [7, 11) is 0. The lowest BCUT2D eigenvalue weighted by molar-refractivity contribution is -0.993. The summed E-state index contributed by atoms with van der Waals surface area (Å²) in [5.74, 6) is 8.56. The van der Waals surface area contributed by atoms with Crippen LogP contribution in [0.15, 0.2) is 384 Å². The van der Waals surface area contributed by atoms with Crippen molar-refractivity contribution in [1.82, 2.24) is 57.7 Å². The van der Waals surface area contributed by atoms with E-state index in [1.807, 2.05) is 79.8 Å². The highest BCUT2D eigenvalue weighted by atomic mass is 16.5. The lowest BCUT2D eigenvalue weighted by Gasteiger charge is -2.32.